The first-order chi connectivity index (χ1) is 8.21. The number of aryl methyl sites for hydroxylation is 1. The molecule has 1 N–H and O–H groups in total. The molecule has 102 valence electrons. The van der Waals surface area contributed by atoms with Gasteiger partial charge in [-0.05, 0) is 19.1 Å². The molecular formula is C13H23N2O2S+. The number of hydrogen-bond acceptors (Lipinski definition) is 2. The predicted molar refractivity (Wildman–Crippen MR) is 73.9 cm³/mol. The predicted octanol–water partition coefficient (Wildman–Crippen LogP) is 1.37. The van der Waals surface area contributed by atoms with Gasteiger partial charge in [-0.1, -0.05) is 17.7 Å². The summed E-state index contributed by atoms with van der Waals surface area (Å²) in [6.45, 7) is 3.35. The van der Waals surface area contributed by atoms with Crippen molar-refractivity contribution in [2.75, 3.05) is 34.2 Å². The van der Waals surface area contributed by atoms with Crippen LogP contribution in [0, 0.1) is 6.92 Å². The van der Waals surface area contributed by atoms with Gasteiger partial charge in [0.25, 0.3) is 0 Å². The molecular weight excluding hydrogens is 248 g/mol. The summed E-state index contributed by atoms with van der Waals surface area (Å²) in [4.78, 5) is 0.332. The van der Waals surface area contributed by atoms with Crippen molar-refractivity contribution in [1.29, 1.82) is 0 Å². The van der Waals surface area contributed by atoms with Crippen LogP contribution in [0.3, 0.4) is 0 Å². The summed E-state index contributed by atoms with van der Waals surface area (Å²) in [7, 11) is 2.92. The molecule has 18 heavy (non-hydrogen) atoms. The largest absolute Gasteiger partial charge is 0.331 e. The Morgan fingerprint density at radius 1 is 1.11 bits per heavy atom. The van der Waals surface area contributed by atoms with Gasteiger partial charge in [0.1, 0.15) is 0 Å². The van der Waals surface area contributed by atoms with Crippen LogP contribution in [0.15, 0.2) is 29.2 Å². The number of nitrogens with zero attached hydrogens (tertiary/aromatic N) is 1. The SMILES string of the molecule is Cc1ccc(S(=O)(=O)NCCC[N+](C)(C)C)cc1. The van der Waals surface area contributed by atoms with Gasteiger partial charge in [0.2, 0.25) is 10.0 Å². The second-order valence-electron chi connectivity index (χ2n) is 5.58. The quantitative estimate of drug-likeness (QED) is 0.627. The maximum Gasteiger partial charge on any atom is 0.240 e. The second kappa shape index (κ2) is 5.82. The van der Waals surface area contributed by atoms with E-state index in [0.29, 0.717) is 11.4 Å². The van der Waals surface area contributed by atoms with Gasteiger partial charge in [0.05, 0.1) is 32.6 Å². The number of quaternary nitrogens is 1. The van der Waals surface area contributed by atoms with Crippen LogP contribution in [-0.4, -0.2) is 47.1 Å². The fraction of sp³-hybridized carbons (Fsp3) is 0.538. The number of benzene rings is 1. The van der Waals surface area contributed by atoms with E-state index in [2.05, 4.69) is 25.9 Å². The zero-order chi connectivity index (χ0) is 13.8. The van der Waals surface area contributed by atoms with Crippen LogP contribution in [-0.2, 0) is 10.0 Å². The average Bonchev–Trinajstić information content (AvgIpc) is 2.24. The van der Waals surface area contributed by atoms with Crippen LogP contribution >= 0.6 is 0 Å². The lowest BCUT2D eigenvalue weighted by Crippen LogP contribution is -2.37. The Morgan fingerprint density at radius 2 is 1.67 bits per heavy atom. The first-order valence-electron chi connectivity index (χ1n) is 6.07. The molecule has 0 saturated carbocycles. The highest BCUT2D eigenvalue weighted by Gasteiger charge is 2.13. The van der Waals surface area contributed by atoms with Crippen LogP contribution in [0.25, 0.3) is 0 Å². The van der Waals surface area contributed by atoms with Gasteiger partial charge in [0.15, 0.2) is 0 Å². The van der Waals surface area contributed by atoms with E-state index in [-0.39, 0.29) is 0 Å². The highest BCUT2D eigenvalue weighted by Crippen LogP contribution is 2.09. The van der Waals surface area contributed by atoms with E-state index in [4.69, 9.17) is 0 Å². The lowest BCUT2D eigenvalue weighted by Gasteiger charge is -2.23. The lowest BCUT2D eigenvalue weighted by atomic mass is 10.2. The number of sulfonamides is 1. The van der Waals surface area contributed by atoms with Gasteiger partial charge < -0.3 is 4.48 Å². The Morgan fingerprint density at radius 3 is 2.17 bits per heavy atom. The fourth-order valence-corrected chi connectivity index (χ4v) is 2.63. The average molecular weight is 271 g/mol. The van der Waals surface area contributed by atoms with Gasteiger partial charge in [-0.3, -0.25) is 0 Å². The molecule has 5 heteroatoms. The highest BCUT2D eigenvalue weighted by molar-refractivity contribution is 7.89. The Hall–Kier alpha value is -0.910. The molecule has 1 rings (SSSR count). The Kier molecular flexibility index (Phi) is 4.90. The van der Waals surface area contributed by atoms with Gasteiger partial charge >= 0.3 is 0 Å². The van der Waals surface area contributed by atoms with Crippen molar-refractivity contribution in [1.82, 2.24) is 4.72 Å². The summed E-state index contributed by atoms with van der Waals surface area (Å²) < 4.78 is 27.4. The molecule has 0 radical (unpaired) electrons. The second-order valence-corrected chi connectivity index (χ2v) is 7.35. The van der Waals surface area contributed by atoms with Crippen molar-refractivity contribution in [3.05, 3.63) is 29.8 Å². The molecule has 0 heterocycles. The molecule has 4 nitrogen and oxygen atoms in total. The molecule has 0 aliphatic carbocycles. The summed E-state index contributed by atoms with van der Waals surface area (Å²) in [6.07, 6.45) is 0.828. The minimum Gasteiger partial charge on any atom is -0.331 e. The molecule has 0 atom stereocenters. The number of nitrogens with one attached hydrogen (secondary N) is 1. The Bertz CT molecular complexity index is 473. The van der Waals surface area contributed by atoms with E-state index in [1.165, 1.54) is 0 Å². The van der Waals surface area contributed by atoms with Crippen LogP contribution in [0.1, 0.15) is 12.0 Å². The van der Waals surface area contributed by atoms with E-state index >= 15 is 0 Å². The molecule has 0 bridgehead atoms. The van der Waals surface area contributed by atoms with Gasteiger partial charge in [0, 0.05) is 13.0 Å². The van der Waals surface area contributed by atoms with Gasteiger partial charge in [-0.15, -0.1) is 0 Å². The van der Waals surface area contributed by atoms with E-state index in [1.807, 2.05) is 6.92 Å². The molecule has 0 amide bonds. The third-order valence-corrected chi connectivity index (χ3v) is 4.11. The van der Waals surface area contributed by atoms with E-state index in [9.17, 15) is 8.42 Å². The maximum absolute atomic E-state index is 12.0. The van der Waals surface area contributed by atoms with Gasteiger partial charge in [-0.2, -0.15) is 0 Å². The standard InChI is InChI=1S/C13H23N2O2S/c1-12-6-8-13(9-7-12)18(16,17)14-10-5-11-15(2,3)4/h6-9,14H,5,10-11H2,1-4H3/q+1. The summed E-state index contributed by atoms with van der Waals surface area (Å²) in [6, 6.07) is 6.89. The molecule has 0 spiro atoms. The molecule has 0 aliphatic rings. The monoisotopic (exact) mass is 271 g/mol. The summed E-state index contributed by atoms with van der Waals surface area (Å²) in [5.41, 5.74) is 1.05. The molecule has 1 aromatic carbocycles. The number of hydrogen-bond donors (Lipinski definition) is 1. The first-order valence-corrected chi connectivity index (χ1v) is 7.56. The molecule has 0 aliphatic heterocycles. The Labute approximate surface area is 110 Å². The molecule has 0 aromatic heterocycles. The van der Waals surface area contributed by atoms with E-state index in [1.54, 1.807) is 24.3 Å². The smallest absolute Gasteiger partial charge is 0.240 e. The summed E-state index contributed by atoms with van der Waals surface area (Å²) >= 11 is 0. The molecule has 0 saturated heterocycles. The molecule has 0 fully saturated rings. The van der Waals surface area contributed by atoms with Crippen LogP contribution < -0.4 is 4.72 Å². The molecule has 1 aromatic rings. The zero-order valence-electron chi connectivity index (χ0n) is 11.6. The third kappa shape index (κ3) is 5.16. The van der Waals surface area contributed by atoms with Crippen molar-refractivity contribution < 1.29 is 12.9 Å². The minimum atomic E-state index is -3.35. The van der Waals surface area contributed by atoms with Crippen molar-refractivity contribution in [3.63, 3.8) is 0 Å². The van der Waals surface area contributed by atoms with Gasteiger partial charge in [-0.25, -0.2) is 13.1 Å². The van der Waals surface area contributed by atoms with E-state index < -0.39 is 10.0 Å². The van der Waals surface area contributed by atoms with Crippen molar-refractivity contribution in [2.45, 2.75) is 18.2 Å². The first kappa shape index (κ1) is 15.1. The van der Waals surface area contributed by atoms with Crippen LogP contribution in [0.5, 0.6) is 0 Å². The van der Waals surface area contributed by atoms with E-state index in [0.717, 1.165) is 23.0 Å². The van der Waals surface area contributed by atoms with Crippen LogP contribution in [0.4, 0.5) is 0 Å². The van der Waals surface area contributed by atoms with Crippen molar-refractivity contribution in [3.8, 4) is 0 Å². The van der Waals surface area contributed by atoms with Crippen molar-refractivity contribution in [2.24, 2.45) is 0 Å². The molecule has 0 unspecified atom stereocenters. The lowest BCUT2D eigenvalue weighted by molar-refractivity contribution is -0.870. The highest BCUT2D eigenvalue weighted by atomic mass is 32.2. The maximum atomic E-state index is 12.0. The summed E-state index contributed by atoms with van der Waals surface area (Å²) in [5.74, 6) is 0. The van der Waals surface area contributed by atoms with Crippen molar-refractivity contribution >= 4 is 10.0 Å². The number of rotatable bonds is 6. The summed E-state index contributed by atoms with van der Waals surface area (Å²) in [5, 5.41) is 0. The normalized spacial score (nSPS) is 12.7. The fourth-order valence-electron chi connectivity index (χ4n) is 1.56. The topological polar surface area (TPSA) is 46.2 Å². The third-order valence-electron chi connectivity index (χ3n) is 2.63. The zero-order valence-corrected chi connectivity index (χ0v) is 12.4. The minimum absolute atomic E-state index is 0.332. The van der Waals surface area contributed by atoms with Crippen LogP contribution in [0.2, 0.25) is 0 Å². The Balaban J connectivity index is 2.53.